The molecule has 1 aromatic carbocycles. The lowest BCUT2D eigenvalue weighted by Crippen LogP contribution is -2.46. The molecule has 1 aliphatic rings. The summed E-state index contributed by atoms with van der Waals surface area (Å²) in [5, 5.41) is 6.92. The van der Waals surface area contributed by atoms with Crippen molar-refractivity contribution in [3.05, 3.63) is 35.4 Å². The monoisotopic (exact) mass is 388 g/mol. The van der Waals surface area contributed by atoms with Crippen molar-refractivity contribution in [3.63, 3.8) is 0 Å². The van der Waals surface area contributed by atoms with Crippen LogP contribution in [0.3, 0.4) is 0 Å². The second kappa shape index (κ2) is 11.7. The lowest BCUT2D eigenvalue weighted by Gasteiger charge is -2.27. The standard InChI is InChI=1S/C22H36N4O2/c1-17(2)28-14-8-7-13-23-22(24-16-21(27)26(3)4)25-20-12-11-18-9-5-6-10-19(18)15-20/h5-6,9-10,17,20H,7-8,11-16H2,1-4H3,(H2,23,24,25). The third-order valence-corrected chi connectivity index (χ3v) is 4.87. The number of fused-ring (bicyclic) bond motifs is 1. The molecule has 0 aromatic heterocycles. The van der Waals surface area contributed by atoms with Gasteiger partial charge in [0.15, 0.2) is 5.96 Å². The van der Waals surface area contributed by atoms with Crippen LogP contribution in [0.15, 0.2) is 29.3 Å². The molecular weight excluding hydrogens is 352 g/mol. The van der Waals surface area contributed by atoms with Crippen molar-refractivity contribution in [3.8, 4) is 0 Å². The molecular formula is C22H36N4O2. The van der Waals surface area contributed by atoms with E-state index < -0.39 is 0 Å². The van der Waals surface area contributed by atoms with E-state index >= 15 is 0 Å². The summed E-state index contributed by atoms with van der Waals surface area (Å²) >= 11 is 0. The Morgan fingerprint density at radius 3 is 2.71 bits per heavy atom. The van der Waals surface area contributed by atoms with Crippen LogP contribution in [0.1, 0.15) is 44.2 Å². The number of guanidine groups is 1. The van der Waals surface area contributed by atoms with Gasteiger partial charge in [-0.15, -0.1) is 0 Å². The number of aliphatic imine (C=N–C) groups is 1. The summed E-state index contributed by atoms with van der Waals surface area (Å²) in [7, 11) is 3.51. The first-order valence-corrected chi connectivity index (χ1v) is 10.4. The van der Waals surface area contributed by atoms with E-state index in [9.17, 15) is 4.79 Å². The highest BCUT2D eigenvalue weighted by Gasteiger charge is 2.19. The van der Waals surface area contributed by atoms with Crippen LogP contribution >= 0.6 is 0 Å². The number of nitrogens with zero attached hydrogens (tertiary/aromatic N) is 2. The Balaban J connectivity index is 1.87. The summed E-state index contributed by atoms with van der Waals surface area (Å²) in [5.41, 5.74) is 2.85. The van der Waals surface area contributed by atoms with Gasteiger partial charge in [0.25, 0.3) is 0 Å². The van der Waals surface area contributed by atoms with Crippen LogP contribution in [0.5, 0.6) is 0 Å². The van der Waals surface area contributed by atoms with Gasteiger partial charge in [-0.2, -0.15) is 0 Å². The molecule has 1 aromatic rings. The number of hydrogen-bond donors (Lipinski definition) is 2. The summed E-state index contributed by atoms with van der Waals surface area (Å²) in [6.45, 7) is 5.85. The lowest BCUT2D eigenvalue weighted by atomic mass is 9.88. The largest absolute Gasteiger partial charge is 0.379 e. The van der Waals surface area contributed by atoms with Crippen LogP contribution < -0.4 is 10.6 Å². The Labute approximate surface area is 169 Å². The number of carbonyl (C=O) groups is 1. The number of unbranched alkanes of at least 4 members (excludes halogenated alkanes) is 1. The minimum Gasteiger partial charge on any atom is -0.379 e. The fourth-order valence-electron chi connectivity index (χ4n) is 3.21. The Kier molecular flexibility index (Phi) is 9.28. The Hall–Kier alpha value is -2.08. The van der Waals surface area contributed by atoms with E-state index in [-0.39, 0.29) is 18.6 Å². The molecule has 2 rings (SSSR count). The van der Waals surface area contributed by atoms with Gasteiger partial charge in [0.1, 0.15) is 6.54 Å². The zero-order valence-electron chi connectivity index (χ0n) is 17.8. The first-order valence-electron chi connectivity index (χ1n) is 10.4. The van der Waals surface area contributed by atoms with Crippen molar-refractivity contribution < 1.29 is 9.53 Å². The van der Waals surface area contributed by atoms with E-state index in [1.54, 1.807) is 19.0 Å². The van der Waals surface area contributed by atoms with Gasteiger partial charge in [-0.25, -0.2) is 4.99 Å². The Morgan fingerprint density at radius 1 is 1.25 bits per heavy atom. The maximum absolute atomic E-state index is 11.9. The van der Waals surface area contributed by atoms with Gasteiger partial charge < -0.3 is 20.3 Å². The third-order valence-electron chi connectivity index (χ3n) is 4.87. The van der Waals surface area contributed by atoms with Crippen LogP contribution in [-0.4, -0.2) is 62.7 Å². The van der Waals surface area contributed by atoms with E-state index in [0.29, 0.717) is 6.04 Å². The van der Waals surface area contributed by atoms with Crippen molar-refractivity contribution >= 4 is 11.9 Å². The molecule has 6 heteroatoms. The van der Waals surface area contributed by atoms with Crippen molar-refractivity contribution in [2.24, 2.45) is 4.99 Å². The second-order valence-electron chi connectivity index (χ2n) is 7.86. The topological polar surface area (TPSA) is 66.0 Å². The normalized spacial score (nSPS) is 16.6. The van der Waals surface area contributed by atoms with E-state index in [1.807, 2.05) is 0 Å². The average molecular weight is 389 g/mol. The minimum atomic E-state index is 0.000392. The Bertz CT molecular complexity index is 643. The van der Waals surface area contributed by atoms with Gasteiger partial charge in [0.05, 0.1) is 6.10 Å². The molecule has 6 nitrogen and oxygen atoms in total. The lowest BCUT2D eigenvalue weighted by molar-refractivity contribution is -0.127. The summed E-state index contributed by atoms with van der Waals surface area (Å²) < 4.78 is 5.59. The number of nitrogens with one attached hydrogen (secondary N) is 2. The molecule has 1 aliphatic carbocycles. The van der Waals surface area contributed by atoms with Gasteiger partial charge in [-0.1, -0.05) is 24.3 Å². The van der Waals surface area contributed by atoms with Gasteiger partial charge in [-0.3, -0.25) is 4.79 Å². The number of likely N-dealkylation sites (N-methyl/N-ethyl adjacent to an activating group) is 1. The van der Waals surface area contributed by atoms with Crippen molar-refractivity contribution in [2.45, 2.75) is 58.1 Å². The van der Waals surface area contributed by atoms with Crippen LogP contribution in [0.4, 0.5) is 0 Å². The fourth-order valence-corrected chi connectivity index (χ4v) is 3.21. The highest BCUT2D eigenvalue weighted by Crippen LogP contribution is 2.20. The van der Waals surface area contributed by atoms with E-state index in [4.69, 9.17) is 4.74 Å². The fraction of sp³-hybridized carbons (Fsp3) is 0.636. The molecule has 0 saturated carbocycles. The molecule has 1 atom stereocenters. The molecule has 0 heterocycles. The molecule has 1 amide bonds. The summed E-state index contributed by atoms with van der Waals surface area (Å²) in [6, 6.07) is 8.96. The van der Waals surface area contributed by atoms with Gasteiger partial charge >= 0.3 is 0 Å². The van der Waals surface area contributed by atoms with E-state index in [1.165, 1.54) is 11.1 Å². The van der Waals surface area contributed by atoms with Crippen molar-refractivity contribution in [1.82, 2.24) is 15.5 Å². The summed E-state index contributed by atoms with van der Waals surface area (Å²) in [4.78, 5) is 18.0. The van der Waals surface area contributed by atoms with Crippen LogP contribution in [0.2, 0.25) is 0 Å². The number of amides is 1. The highest BCUT2D eigenvalue weighted by atomic mass is 16.5. The average Bonchev–Trinajstić information content (AvgIpc) is 2.67. The second-order valence-corrected chi connectivity index (χ2v) is 7.86. The predicted octanol–water partition coefficient (Wildman–Crippen LogP) is 2.37. The molecule has 156 valence electrons. The van der Waals surface area contributed by atoms with Crippen LogP contribution in [0, 0.1) is 0 Å². The first-order chi connectivity index (χ1) is 13.5. The molecule has 0 spiro atoms. The molecule has 0 aliphatic heterocycles. The number of rotatable bonds is 9. The number of aryl methyl sites for hydroxylation is 1. The highest BCUT2D eigenvalue weighted by molar-refractivity contribution is 5.85. The van der Waals surface area contributed by atoms with E-state index in [2.05, 4.69) is 53.7 Å². The number of carbonyl (C=O) groups excluding carboxylic acids is 1. The maximum Gasteiger partial charge on any atom is 0.243 e. The zero-order valence-corrected chi connectivity index (χ0v) is 17.8. The van der Waals surface area contributed by atoms with Crippen LogP contribution in [-0.2, 0) is 22.4 Å². The molecule has 0 bridgehead atoms. The number of hydrogen-bond acceptors (Lipinski definition) is 3. The van der Waals surface area contributed by atoms with Crippen molar-refractivity contribution in [2.75, 3.05) is 33.8 Å². The maximum atomic E-state index is 11.9. The van der Waals surface area contributed by atoms with E-state index in [0.717, 1.165) is 51.2 Å². The van der Waals surface area contributed by atoms with Crippen LogP contribution in [0.25, 0.3) is 0 Å². The molecule has 1 unspecified atom stereocenters. The zero-order chi connectivity index (χ0) is 20.4. The molecule has 2 N–H and O–H groups in total. The first kappa shape index (κ1) is 22.2. The molecule has 0 fully saturated rings. The Morgan fingerprint density at radius 2 is 2.00 bits per heavy atom. The number of ether oxygens (including phenoxy) is 1. The molecule has 0 radical (unpaired) electrons. The third kappa shape index (κ3) is 7.89. The predicted molar refractivity (Wildman–Crippen MR) is 115 cm³/mol. The summed E-state index contributed by atoms with van der Waals surface area (Å²) in [5.74, 6) is 0.727. The molecule has 0 saturated heterocycles. The van der Waals surface area contributed by atoms with Crippen molar-refractivity contribution in [1.29, 1.82) is 0 Å². The SMILES string of the molecule is CC(C)OCCCCNC(=NCC(=O)N(C)C)NC1CCc2ccccc2C1. The summed E-state index contributed by atoms with van der Waals surface area (Å²) in [6.07, 6.45) is 5.42. The van der Waals surface area contributed by atoms with Gasteiger partial charge in [0, 0.05) is 33.3 Å². The van der Waals surface area contributed by atoms with Gasteiger partial charge in [0.2, 0.25) is 5.91 Å². The smallest absolute Gasteiger partial charge is 0.243 e. The molecule has 28 heavy (non-hydrogen) atoms. The number of benzene rings is 1. The van der Waals surface area contributed by atoms with Gasteiger partial charge in [-0.05, 0) is 57.1 Å². The minimum absolute atomic E-state index is 0.000392. The quantitative estimate of drug-likeness (QED) is 0.387.